The van der Waals surface area contributed by atoms with E-state index in [4.69, 9.17) is 0 Å². The number of carbonyl (C=O) groups is 1. The number of methoxy groups -OCH3 is 1. The van der Waals surface area contributed by atoms with Gasteiger partial charge in [-0.1, -0.05) is 30.3 Å². The topological polar surface area (TPSA) is 26.3 Å². The monoisotopic (exact) mass is 272 g/mol. The fourth-order valence-corrected chi connectivity index (χ4v) is 2.80. The molecule has 0 saturated heterocycles. The van der Waals surface area contributed by atoms with Crippen molar-refractivity contribution < 1.29 is 9.53 Å². The van der Waals surface area contributed by atoms with E-state index in [0.29, 0.717) is 10.8 Å². The molecule has 1 atom stereocenters. The molecule has 3 heteroatoms. The average Bonchev–Trinajstić information content (AvgIpc) is 2.47. The molecule has 0 bridgehead atoms. The lowest BCUT2D eigenvalue weighted by molar-refractivity contribution is 0.0600. The van der Waals surface area contributed by atoms with Crippen LogP contribution in [0.5, 0.6) is 0 Å². The zero-order valence-corrected chi connectivity index (χ0v) is 11.8. The Labute approximate surface area is 117 Å². The lowest BCUT2D eigenvalue weighted by Gasteiger charge is -2.12. The quantitative estimate of drug-likeness (QED) is 0.612. The minimum atomic E-state index is -0.296. The number of carbonyl (C=O) groups excluding carboxylic acids is 1. The van der Waals surface area contributed by atoms with E-state index in [9.17, 15) is 4.79 Å². The van der Waals surface area contributed by atoms with Crippen LogP contribution in [0.4, 0.5) is 0 Å². The van der Waals surface area contributed by atoms with Crippen molar-refractivity contribution in [2.75, 3.05) is 7.11 Å². The van der Waals surface area contributed by atoms with Crippen molar-refractivity contribution in [2.45, 2.75) is 17.1 Å². The number of rotatable bonds is 4. The third-order valence-electron chi connectivity index (χ3n) is 2.86. The van der Waals surface area contributed by atoms with Gasteiger partial charge < -0.3 is 4.74 Å². The first kappa shape index (κ1) is 13.7. The predicted molar refractivity (Wildman–Crippen MR) is 78.5 cm³/mol. The number of thioether (sulfide) groups is 1. The maximum absolute atomic E-state index is 11.4. The first-order chi connectivity index (χ1) is 9.20. The van der Waals surface area contributed by atoms with Crippen molar-refractivity contribution in [3.05, 3.63) is 65.7 Å². The largest absolute Gasteiger partial charge is 0.465 e. The molecular weight excluding hydrogens is 256 g/mol. The van der Waals surface area contributed by atoms with Crippen molar-refractivity contribution >= 4 is 17.7 Å². The molecule has 0 spiro atoms. The molecule has 0 unspecified atom stereocenters. The van der Waals surface area contributed by atoms with Crippen LogP contribution >= 0.6 is 11.8 Å². The number of hydrogen-bond donors (Lipinski definition) is 0. The number of hydrogen-bond acceptors (Lipinski definition) is 3. The Morgan fingerprint density at radius 2 is 1.68 bits per heavy atom. The Bertz CT molecular complexity index is 534. The molecule has 0 aliphatic carbocycles. The third-order valence-corrected chi connectivity index (χ3v) is 4.03. The Hall–Kier alpha value is -1.74. The maximum atomic E-state index is 11.4. The number of ether oxygens (including phenoxy) is 1. The predicted octanol–water partition coefficient (Wildman–Crippen LogP) is 4.33. The van der Waals surface area contributed by atoms with E-state index in [1.54, 1.807) is 11.8 Å². The minimum absolute atomic E-state index is 0.296. The van der Waals surface area contributed by atoms with Crippen LogP contribution < -0.4 is 0 Å². The fourth-order valence-electron chi connectivity index (χ4n) is 1.78. The molecule has 0 aliphatic heterocycles. The highest BCUT2D eigenvalue weighted by molar-refractivity contribution is 7.99. The van der Waals surface area contributed by atoms with Gasteiger partial charge >= 0.3 is 5.97 Å². The van der Waals surface area contributed by atoms with Gasteiger partial charge in [-0.15, -0.1) is 11.8 Å². The van der Waals surface area contributed by atoms with Crippen LogP contribution in [0.2, 0.25) is 0 Å². The molecule has 0 aliphatic rings. The molecule has 0 amide bonds. The molecule has 2 aromatic rings. The Morgan fingerprint density at radius 3 is 2.26 bits per heavy atom. The third kappa shape index (κ3) is 3.61. The molecule has 0 saturated carbocycles. The van der Waals surface area contributed by atoms with Gasteiger partial charge in [0.1, 0.15) is 0 Å². The Balaban J connectivity index is 2.07. The van der Waals surface area contributed by atoms with Crippen LogP contribution in [-0.4, -0.2) is 13.1 Å². The van der Waals surface area contributed by atoms with E-state index < -0.39 is 0 Å². The number of esters is 1. The van der Waals surface area contributed by atoms with Gasteiger partial charge in [0.25, 0.3) is 0 Å². The molecule has 0 aromatic heterocycles. The highest BCUT2D eigenvalue weighted by Gasteiger charge is 2.09. The summed E-state index contributed by atoms with van der Waals surface area (Å²) in [4.78, 5) is 12.6. The van der Waals surface area contributed by atoms with E-state index in [1.807, 2.05) is 42.5 Å². The summed E-state index contributed by atoms with van der Waals surface area (Å²) in [7, 11) is 1.39. The lowest BCUT2D eigenvalue weighted by Crippen LogP contribution is -2.01. The highest BCUT2D eigenvalue weighted by Crippen LogP contribution is 2.34. The van der Waals surface area contributed by atoms with E-state index in [2.05, 4.69) is 23.8 Å². The fraction of sp³-hybridized carbons (Fsp3) is 0.188. The zero-order chi connectivity index (χ0) is 13.7. The van der Waals surface area contributed by atoms with Crippen molar-refractivity contribution in [3.63, 3.8) is 0 Å². The maximum Gasteiger partial charge on any atom is 0.337 e. The van der Waals surface area contributed by atoms with Crippen LogP contribution in [0.15, 0.2) is 59.5 Å². The van der Waals surface area contributed by atoms with Gasteiger partial charge in [0, 0.05) is 10.1 Å². The van der Waals surface area contributed by atoms with Crippen molar-refractivity contribution in [1.82, 2.24) is 0 Å². The van der Waals surface area contributed by atoms with E-state index in [0.717, 1.165) is 0 Å². The van der Waals surface area contributed by atoms with Crippen LogP contribution in [0.3, 0.4) is 0 Å². The van der Waals surface area contributed by atoms with Crippen LogP contribution in [-0.2, 0) is 4.74 Å². The van der Waals surface area contributed by atoms with Crippen molar-refractivity contribution in [3.8, 4) is 0 Å². The normalized spacial score (nSPS) is 11.9. The molecular formula is C16H16O2S. The van der Waals surface area contributed by atoms with Gasteiger partial charge in [-0.2, -0.15) is 0 Å². The lowest BCUT2D eigenvalue weighted by atomic mass is 10.1. The van der Waals surface area contributed by atoms with Crippen molar-refractivity contribution in [2.24, 2.45) is 0 Å². The van der Waals surface area contributed by atoms with Crippen LogP contribution in [0.1, 0.15) is 28.1 Å². The molecule has 19 heavy (non-hydrogen) atoms. The summed E-state index contributed by atoms with van der Waals surface area (Å²) in [6, 6.07) is 17.9. The van der Waals surface area contributed by atoms with Crippen LogP contribution in [0.25, 0.3) is 0 Å². The highest BCUT2D eigenvalue weighted by atomic mass is 32.2. The molecule has 2 aromatic carbocycles. The molecule has 2 nitrogen and oxygen atoms in total. The summed E-state index contributed by atoms with van der Waals surface area (Å²) < 4.78 is 4.69. The van der Waals surface area contributed by atoms with Gasteiger partial charge in [-0.3, -0.25) is 0 Å². The smallest absolute Gasteiger partial charge is 0.337 e. The Morgan fingerprint density at radius 1 is 1.05 bits per heavy atom. The van der Waals surface area contributed by atoms with E-state index >= 15 is 0 Å². The summed E-state index contributed by atoms with van der Waals surface area (Å²) >= 11 is 1.80. The van der Waals surface area contributed by atoms with Gasteiger partial charge in [-0.25, -0.2) is 4.79 Å². The zero-order valence-electron chi connectivity index (χ0n) is 11.0. The summed E-state index contributed by atoms with van der Waals surface area (Å²) in [5, 5.41) is 0.342. The van der Waals surface area contributed by atoms with Gasteiger partial charge in [-0.05, 0) is 36.8 Å². The molecule has 98 valence electrons. The van der Waals surface area contributed by atoms with Crippen molar-refractivity contribution in [1.29, 1.82) is 0 Å². The summed E-state index contributed by atoms with van der Waals surface area (Å²) in [6.45, 7) is 2.16. The molecule has 0 N–H and O–H groups in total. The second-order valence-electron chi connectivity index (χ2n) is 4.19. The molecule has 0 heterocycles. The molecule has 0 fully saturated rings. The van der Waals surface area contributed by atoms with Crippen LogP contribution in [0, 0.1) is 0 Å². The summed E-state index contributed by atoms with van der Waals surface area (Å²) in [5.74, 6) is -0.296. The van der Waals surface area contributed by atoms with Gasteiger partial charge in [0.15, 0.2) is 0 Å². The standard InChI is InChI=1S/C16H16O2S/c1-12(19-15-6-4-3-5-7-15)13-8-10-14(11-9-13)16(17)18-2/h3-12H,1-2H3/t12-/m0/s1. The first-order valence-electron chi connectivity index (χ1n) is 6.10. The van der Waals surface area contributed by atoms with E-state index in [-0.39, 0.29) is 5.97 Å². The molecule has 0 radical (unpaired) electrons. The summed E-state index contributed by atoms with van der Waals surface area (Å²) in [5.41, 5.74) is 1.78. The Kier molecular flexibility index (Phi) is 4.63. The first-order valence-corrected chi connectivity index (χ1v) is 6.98. The van der Waals surface area contributed by atoms with E-state index in [1.165, 1.54) is 17.6 Å². The average molecular weight is 272 g/mol. The minimum Gasteiger partial charge on any atom is -0.465 e. The molecule has 2 rings (SSSR count). The second-order valence-corrected chi connectivity index (χ2v) is 5.60. The second kappa shape index (κ2) is 6.43. The van der Waals surface area contributed by atoms with Gasteiger partial charge in [0.2, 0.25) is 0 Å². The SMILES string of the molecule is COC(=O)c1ccc([C@H](C)Sc2ccccc2)cc1. The number of benzene rings is 2. The van der Waals surface area contributed by atoms with Gasteiger partial charge in [0.05, 0.1) is 12.7 Å². The summed E-state index contributed by atoms with van der Waals surface area (Å²) in [6.07, 6.45) is 0.